The molecular weight excluding hydrogens is 216 g/mol. The van der Waals surface area contributed by atoms with Gasteiger partial charge in [0, 0.05) is 17.8 Å². The molecule has 15 heavy (non-hydrogen) atoms. The van der Waals surface area contributed by atoms with E-state index >= 15 is 0 Å². The van der Waals surface area contributed by atoms with Crippen LogP contribution in [-0.2, 0) is 10.0 Å². The Hall–Kier alpha value is -0.920. The molecule has 1 unspecified atom stereocenters. The highest BCUT2D eigenvalue weighted by molar-refractivity contribution is 7.89. The second-order valence-electron chi connectivity index (χ2n) is 4.05. The second kappa shape index (κ2) is 3.92. The number of aromatic amines is 1. The molecule has 0 bridgehead atoms. The number of aromatic nitrogens is 2. The Labute approximate surface area is 89.3 Å². The molecule has 6 nitrogen and oxygen atoms in total. The molecule has 1 aromatic rings. The highest BCUT2D eigenvalue weighted by Crippen LogP contribution is 2.13. The Balaban J connectivity index is 2.92. The third-order valence-corrected chi connectivity index (χ3v) is 3.96. The summed E-state index contributed by atoms with van der Waals surface area (Å²) in [5.41, 5.74) is 4.98. The van der Waals surface area contributed by atoms with E-state index in [1.165, 1.54) is 12.4 Å². The van der Waals surface area contributed by atoms with Gasteiger partial charge in [0.2, 0.25) is 10.0 Å². The lowest BCUT2D eigenvalue weighted by Gasteiger charge is -2.29. The van der Waals surface area contributed by atoms with E-state index in [9.17, 15) is 8.42 Å². The van der Waals surface area contributed by atoms with Crippen LogP contribution in [-0.4, -0.2) is 30.2 Å². The monoisotopic (exact) mass is 232 g/mol. The van der Waals surface area contributed by atoms with Crippen molar-refractivity contribution in [1.29, 1.82) is 0 Å². The summed E-state index contributed by atoms with van der Waals surface area (Å²) in [5, 5.41) is 6.04. The van der Waals surface area contributed by atoms with E-state index in [4.69, 9.17) is 5.73 Å². The maximum atomic E-state index is 11.8. The van der Waals surface area contributed by atoms with Gasteiger partial charge in [-0.15, -0.1) is 0 Å². The van der Waals surface area contributed by atoms with E-state index in [0.717, 1.165) is 0 Å². The van der Waals surface area contributed by atoms with E-state index < -0.39 is 15.6 Å². The zero-order chi connectivity index (χ0) is 11.7. The van der Waals surface area contributed by atoms with Crippen molar-refractivity contribution in [2.24, 2.45) is 5.73 Å². The molecule has 1 aromatic heterocycles. The fourth-order valence-electron chi connectivity index (χ4n) is 0.884. The maximum absolute atomic E-state index is 11.8. The van der Waals surface area contributed by atoms with Crippen LogP contribution in [0.5, 0.6) is 0 Å². The van der Waals surface area contributed by atoms with Crippen LogP contribution in [0, 0.1) is 0 Å². The first kappa shape index (κ1) is 12.2. The smallest absolute Gasteiger partial charge is 0.244 e. The first-order chi connectivity index (χ1) is 6.76. The topological polar surface area (TPSA) is 101 Å². The summed E-state index contributed by atoms with van der Waals surface area (Å²) in [4.78, 5) is 0.108. The van der Waals surface area contributed by atoms with Gasteiger partial charge in [-0.25, -0.2) is 13.1 Å². The molecule has 1 rings (SSSR count). The third kappa shape index (κ3) is 2.77. The Bertz CT molecular complexity index is 408. The minimum Gasteiger partial charge on any atom is -0.326 e. The highest BCUT2D eigenvalue weighted by atomic mass is 32.2. The normalized spacial score (nSPS) is 15.2. The van der Waals surface area contributed by atoms with Crippen molar-refractivity contribution in [3.63, 3.8) is 0 Å². The van der Waals surface area contributed by atoms with Crippen molar-refractivity contribution in [2.45, 2.75) is 37.2 Å². The Morgan fingerprint density at radius 1 is 1.60 bits per heavy atom. The fourth-order valence-corrected chi connectivity index (χ4v) is 2.28. The van der Waals surface area contributed by atoms with Crippen LogP contribution in [0.3, 0.4) is 0 Å². The molecule has 0 aliphatic heterocycles. The van der Waals surface area contributed by atoms with Gasteiger partial charge in [0.05, 0.1) is 6.20 Å². The van der Waals surface area contributed by atoms with Crippen molar-refractivity contribution >= 4 is 10.0 Å². The van der Waals surface area contributed by atoms with Crippen LogP contribution in [0.15, 0.2) is 17.3 Å². The van der Waals surface area contributed by atoms with Crippen LogP contribution in [0.4, 0.5) is 0 Å². The molecule has 0 saturated carbocycles. The molecule has 1 atom stereocenters. The van der Waals surface area contributed by atoms with Crippen molar-refractivity contribution < 1.29 is 8.42 Å². The first-order valence-electron chi connectivity index (χ1n) is 4.54. The van der Waals surface area contributed by atoms with Crippen LogP contribution < -0.4 is 10.5 Å². The number of sulfonamides is 1. The molecule has 4 N–H and O–H groups in total. The summed E-state index contributed by atoms with van der Waals surface area (Å²) in [5.74, 6) is 0. The van der Waals surface area contributed by atoms with E-state index in [1.807, 2.05) is 0 Å². The summed E-state index contributed by atoms with van der Waals surface area (Å²) in [7, 11) is -3.54. The van der Waals surface area contributed by atoms with Gasteiger partial charge in [0.15, 0.2) is 0 Å². The Kier molecular flexibility index (Phi) is 3.17. The zero-order valence-electron chi connectivity index (χ0n) is 8.98. The standard InChI is InChI=1S/C8H16N4O2S/c1-6(9)8(2,3)12-15(13,14)7-4-10-11-5-7/h4-6,12H,9H2,1-3H3,(H,10,11). The molecule has 7 heteroatoms. The van der Waals surface area contributed by atoms with Crippen molar-refractivity contribution in [2.75, 3.05) is 0 Å². The number of rotatable bonds is 4. The molecular formula is C8H16N4O2S. The predicted molar refractivity (Wildman–Crippen MR) is 56.6 cm³/mol. The predicted octanol–water partition coefficient (Wildman–Crippen LogP) is -0.186. The number of nitrogens with zero attached hydrogens (tertiary/aromatic N) is 1. The van der Waals surface area contributed by atoms with E-state index in [0.29, 0.717) is 0 Å². The number of hydrogen-bond acceptors (Lipinski definition) is 4. The van der Waals surface area contributed by atoms with Gasteiger partial charge in [-0.1, -0.05) is 0 Å². The molecule has 0 aliphatic carbocycles. The molecule has 86 valence electrons. The Morgan fingerprint density at radius 3 is 2.60 bits per heavy atom. The van der Waals surface area contributed by atoms with Crippen LogP contribution in [0.1, 0.15) is 20.8 Å². The average molecular weight is 232 g/mol. The second-order valence-corrected chi connectivity index (χ2v) is 5.73. The molecule has 0 amide bonds. The van der Waals surface area contributed by atoms with Crippen LogP contribution in [0.25, 0.3) is 0 Å². The van der Waals surface area contributed by atoms with E-state index in [-0.39, 0.29) is 10.9 Å². The SMILES string of the molecule is CC(N)C(C)(C)NS(=O)(=O)c1cn[nH]c1. The van der Waals surface area contributed by atoms with Crippen LogP contribution in [0.2, 0.25) is 0 Å². The van der Waals surface area contributed by atoms with Gasteiger partial charge >= 0.3 is 0 Å². The molecule has 1 heterocycles. The van der Waals surface area contributed by atoms with Crippen molar-refractivity contribution in [3.05, 3.63) is 12.4 Å². The zero-order valence-corrected chi connectivity index (χ0v) is 9.80. The molecule has 0 saturated heterocycles. The lowest BCUT2D eigenvalue weighted by Crippen LogP contribution is -2.54. The average Bonchev–Trinajstić information content (AvgIpc) is 2.53. The summed E-state index contributed by atoms with van der Waals surface area (Å²) in [6.07, 6.45) is 2.57. The quantitative estimate of drug-likeness (QED) is 0.670. The summed E-state index contributed by atoms with van der Waals surface area (Å²) in [6, 6.07) is -0.292. The summed E-state index contributed by atoms with van der Waals surface area (Å²) in [6.45, 7) is 5.21. The number of hydrogen-bond donors (Lipinski definition) is 3. The largest absolute Gasteiger partial charge is 0.326 e. The third-order valence-electron chi connectivity index (χ3n) is 2.32. The van der Waals surface area contributed by atoms with Gasteiger partial charge < -0.3 is 5.73 Å². The van der Waals surface area contributed by atoms with Gasteiger partial charge in [-0.3, -0.25) is 5.10 Å². The van der Waals surface area contributed by atoms with Gasteiger partial charge in [0.25, 0.3) is 0 Å². The Morgan fingerprint density at radius 2 is 2.20 bits per heavy atom. The number of nitrogens with one attached hydrogen (secondary N) is 2. The lowest BCUT2D eigenvalue weighted by molar-refractivity contribution is 0.387. The van der Waals surface area contributed by atoms with Gasteiger partial charge in [-0.2, -0.15) is 5.10 Å². The first-order valence-corrected chi connectivity index (χ1v) is 6.02. The lowest BCUT2D eigenvalue weighted by atomic mass is 9.99. The van der Waals surface area contributed by atoms with Crippen LogP contribution >= 0.6 is 0 Å². The minimum absolute atomic E-state index is 0.108. The van der Waals surface area contributed by atoms with E-state index in [1.54, 1.807) is 20.8 Å². The fraction of sp³-hybridized carbons (Fsp3) is 0.625. The van der Waals surface area contributed by atoms with Gasteiger partial charge in [-0.05, 0) is 20.8 Å². The van der Waals surface area contributed by atoms with Crippen molar-refractivity contribution in [3.8, 4) is 0 Å². The van der Waals surface area contributed by atoms with Crippen molar-refractivity contribution in [1.82, 2.24) is 14.9 Å². The molecule has 0 spiro atoms. The van der Waals surface area contributed by atoms with Gasteiger partial charge in [0.1, 0.15) is 4.90 Å². The molecule has 0 aromatic carbocycles. The number of H-pyrrole nitrogens is 1. The van der Waals surface area contributed by atoms with E-state index in [2.05, 4.69) is 14.9 Å². The maximum Gasteiger partial charge on any atom is 0.244 e. The summed E-state index contributed by atoms with van der Waals surface area (Å²) >= 11 is 0. The number of nitrogens with two attached hydrogens (primary N) is 1. The highest BCUT2D eigenvalue weighted by Gasteiger charge is 2.29. The minimum atomic E-state index is -3.54. The summed E-state index contributed by atoms with van der Waals surface area (Å²) < 4.78 is 26.1. The molecule has 0 aliphatic rings. The molecule has 0 fully saturated rings. The molecule has 0 radical (unpaired) electrons.